The molecule has 0 unspecified atom stereocenters. The van der Waals surface area contributed by atoms with E-state index in [4.69, 9.17) is 10.5 Å². The molecule has 0 heterocycles. The van der Waals surface area contributed by atoms with Crippen LogP contribution in [-0.4, -0.2) is 12.0 Å². The molecule has 0 bridgehead atoms. The molecule has 2 aromatic carbocycles. The predicted molar refractivity (Wildman–Crippen MR) is 79.2 cm³/mol. The van der Waals surface area contributed by atoms with Gasteiger partial charge in [-0.1, -0.05) is 0 Å². The quantitative estimate of drug-likeness (QED) is 0.520. The fourth-order valence-corrected chi connectivity index (χ4v) is 2.11. The number of nitrogen functional groups attached to an aromatic ring is 1. The summed E-state index contributed by atoms with van der Waals surface area (Å²) in [7, 11) is 0. The summed E-state index contributed by atoms with van der Waals surface area (Å²) in [5.74, 6) is 1.32. The summed E-state index contributed by atoms with van der Waals surface area (Å²) in [5, 5.41) is 0. The molecule has 0 aliphatic carbocycles. The van der Waals surface area contributed by atoms with Gasteiger partial charge < -0.3 is 10.5 Å². The van der Waals surface area contributed by atoms with Crippen molar-refractivity contribution in [1.29, 1.82) is 0 Å². The van der Waals surface area contributed by atoms with Crippen LogP contribution in [0.2, 0.25) is 0 Å². The number of benzene rings is 2. The first-order chi connectivity index (χ1) is 9.10. The van der Waals surface area contributed by atoms with E-state index in [0.717, 1.165) is 5.75 Å². The van der Waals surface area contributed by atoms with Gasteiger partial charge in [0, 0.05) is 22.2 Å². The highest BCUT2D eigenvalue weighted by atomic mass is 32.2. The number of hydrogen-bond donors (Lipinski definition) is 1. The molecule has 0 aliphatic rings. The van der Waals surface area contributed by atoms with Gasteiger partial charge in [-0.3, -0.25) is 4.79 Å². The van der Waals surface area contributed by atoms with E-state index in [2.05, 4.69) is 0 Å². The number of anilines is 1. The van der Waals surface area contributed by atoms with Crippen LogP contribution in [0.4, 0.5) is 5.69 Å². The summed E-state index contributed by atoms with van der Waals surface area (Å²) in [5.41, 5.74) is 6.77. The largest absolute Gasteiger partial charge is 0.457 e. The number of thioether (sulfide) groups is 1. The smallest absolute Gasteiger partial charge is 0.161 e. The Bertz CT molecular complexity index is 594. The first-order valence-electron chi connectivity index (χ1n) is 5.82. The molecule has 0 spiro atoms. The van der Waals surface area contributed by atoms with Crippen LogP contribution in [0.15, 0.2) is 47.4 Å². The molecule has 0 aliphatic heterocycles. The van der Waals surface area contributed by atoms with Crippen molar-refractivity contribution in [3.8, 4) is 11.5 Å². The van der Waals surface area contributed by atoms with Crippen LogP contribution in [0.1, 0.15) is 17.3 Å². The average Bonchev–Trinajstić information content (AvgIpc) is 2.39. The van der Waals surface area contributed by atoms with Crippen molar-refractivity contribution in [3.05, 3.63) is 48.0 Å². The number of nitrogens with two attached hydrogens (primary N) is 1. The van der Waals surface area contributed by atoms with Crippen LogP contribution < -0.4 is 10.5 Å². The molecule has 0 amide bonds. The molecule has 98 valence electrons. The molecule has 2 aromatic rings. The number of carbonyl (C=O) groups excluding carboxylic acids is 1. The Morgan fingerprint density at radius 1 is 1.11 bits per heavy atom. The van der Waals surface area contributed by atoms with Gasteiger partial charge in [-0.15, -0.1) is 11.8 Å². The van der Waals surface area contributed by atoms with E-state index >= 15 is 0 Å². The van der Waals surface area contributed by atoms with Gasteiger partial charge in [0.1, 0.15) is 11.5 Å². The molecule has 0 fully saturated rings. The molecular weight excluding hydrogens is 258 g/mol. The van der Waals surface area contributed by atoms with E-state index in [1.54, 1.807) is 30.0 Å². The highest BCUT2D eigenvalue weighted by Crippen LogP contribution is 2.27. The maximum absolute atomic E-state index is 11.3. The second kappa shape index (κ2) is 5.80. The van der Waals surface area contributed by atoms with Crippen LogP contribution in [0.25, 0.3) is 0 Å². The SMILES string of the molecule is CSc1ccc(Oc2ccc(C(C)=O)c(N)c2)cc1. The fraction of sp³-hybridized carbons (Fsp3) is 0.133. The molecule has 0 radical (unpaired) electrons. The highest BCUT2D eigenvalue weighted by molar-refractivity contribution is 7.98. The zero-order valence-electron chi connectivity index (χ0n) is 10.8. The van der Waals surface area contributed by atoms with Gasteiger partial charge in [-0.25, -0.2) is 0 Å². The lowest BCUT2D eigenvalue weighted by atomic mass is 10.1. The van der Waals surface area contributed by atoms with Gasteiger partial charge in [0.2, 0.25) is 0 Å². The third kappa shape index (κ3) is 3.29. The topological polar surface area (TPSA) is 52.3 Å². The zero-order valence-corrected chi connectivity index (χ0v) is 11.7. The van der Waals surface area contributed by atoms with Gasteiger partial charge in [0.25, 0.3) is 0 Å². The summed E-state index contributed by atoms with van der Waals surface area (Å²) < 4.78 is 5.69. The zero-order chi connectivity index (χ0) is 13.8. The molecule has 0 atom stereocenters. The Kier molecular flexibility index (Phi) is 4.12. The first-order valence-corrected chi connectivity index (χ1v) is 7.05. The Hall–Kier alpha value is -1.94. The Balaban J connectivity index is 2.18. The van der Waals surface area contributed by atoms with Crippen molar-refractivity contribution in [3.63, 3.8) is 0 Å². The maximum Gasteiger partial charge on any atom is 0.161 e. The lowest BCUT2D eigenvalue weighted by Crippen LogP contribution is -1.99. The summed E-state index contributed by atoms with van der Waals surface area (Å²) in [4.78, 5) is 12.5. The number of rotatable bonds is 4. The number of ether oxygens (including phenoxy) is 1. The van der Waals surface area contributed by atoms with Crippen LogP contribution in [-0.2, 0) is 0 Å². The number of carbonyl (C=O) groups is 1. The van der Waals surface area contributed by atoms with Crippen molar-refractivity contribution in [2.45, 2.75) is 11.8 Å². The van der Waals surface area contributed by atoms with Crippen molar-refractivity contribution < 1.29 is 9.53 Å². The highest BCUT2D eigenvalue weighted by Gasteiger charge is 2.06. The lowest BCUT2D eigenvalue weighted by molar-refractivity contribution is 0.101. The molecule has 0 aromatic heterocycles. The Morgan fingerprint density at radius 2 is 1.74 bits per heavy atom. The third-order valence-corrected chi connectivity index (χ3v) is 3.44. The fourth-order valence-electron chi connectivity index (χ4n) is 1.70. The minimum absolute atomic E-state index is 0.0478. The Morgan fingerprint density at radius 3 is 2.26 bits per heavy atom. The normalized spacial score (nSPS) is 10.2. The number of ketones is 1. The van der Waals surface area contributed by atoms with E-state index < -0.39 is 0 Å². The van der Waals surface area contributed by atoms with Crippen molar-refractivity contribution in [2.24, 2.45) is 0 Å². The molecule has 2 rings (SSSR count). The number of hydrogen-bond acceptors (Lipinski definition) is 4. The Labute approximate surface area is 116 Å². The average molecular weight is 273 g/mol. The monoisotopic (exact) mass is 273 g/mol. The van der Waals surface area contributed by atoms with Crippen LogP contribution in [0, 0.1) is 0 Å². The minimum atomic E-state index is -0.0478. The second-order valence-electron chi connectivity index (χ2n) is 4.08. The molecule has 0 saturated heterocycles. The molecule has 4 heteroatoms. The molecular formula is C15H15NO2S. The van der Waals surface area contributed by atoms with E-state index in [-0.39, 0.29) is 5.78 Å². The van der Waals surface area contributed by atoms with Crippen LogP contribution in [0.5, 0.6) is 11.5 Å². The maximum atomic E-state index is 11.3. The molecule has 19 heavy (non-hydrogen) atoms. The van der Waals surface area contributed by atoms with E-state index in [9.17, 15) is 4.79 Å². The first kappa shape index (κ1) is 13.5. The van der Waals surface area contributed by atoms with Crippen molar-refractivity contribution in [1.82, 2.24) is 0 Å². The molecule has 0 saturated carbocycles. The van der Waals surface area contributed by atoms with Crippen molar-refractivity contribution in [2.75, 3.05) is 12.0 Å². The van der Waals surface area contributed by atoms with Gasteiger partial charge >= 0.3 is 0 Å². The van der Waals surface area contributed by atoms with Gasteiger partial charge in [-0.2, -0.15) is 0 Å². The molecule has 3 nitrogen and oxygen atoms in total. The van der Waals surface area contributed by atoms with Gasteiger partial charge in [0.05, 0.1) is 0 Å². The summed E-state index contributed by atoms with van der Waals surface area (Å²) in [6, 6.07) is 12.9. The van der Waals surface area contributed by atoms with E-state index in [0.29, 0.717) is 17.0 Å². The summed E-state index contributed by atoms with van der Waals surface area (Å²) >= 11 is 1.68. The third-order valence-electron chi connectivity index (χ3n) is 2.70. The predicted octanol–water partition coefficient (Wildman–Crippen LogP) is 3.99. The van der Waals surface area contributed by atoms with E-state index in [1.807, 2.05) is 30.5 Å². The molecule has 2 N–H and O–H groups in total. The van der Waals surface area contributed by atoms with E-state index in [1.165, 1.54) is 11.8 Å². The minimum Gasteiger partial charge on any atom is -0.457 e. The standard InChI is InChI=1S/C15H15NO2S/c1-10(17)14-8-5-12(9-15(14)16)18-11-3-6-13(19-2)7-4-11/h3-9H,16H2,1-2H3. The summed E-state index contributed by atoms with van der Waals surface area (Å²) in [6.45, 7) is 1.49. The van der Waals surface area contributed by atoms with Crippen LogP contribution >= 0.6 is 11.8 Å². The van der Waals surface area contributed by atoms with Crippen molar-refractivity contribution >= 4 is 23.2 Å². The summed E-state index contributed by atoms with van der Waals surface area (Å²) in [6.07, 6.45) is 2.02. The lowest BCUT2D eigenvalue weighted by Gasteiger charge is -2.08. The van der Waals surface area contributed by atoms with Crippen LogP contribution in [0.3, 0.4) is 0 Å². The number of Topliss-reactive ketones (excluding diaryl/α,β-unsaturated/α-hetero) is 1. The second-order valence-corrected chi connectivity index (χ2v) is 4.96. The van der Waals surface area contributed by atoms with Gasteiger partial charge in [-0.05, 0) is 49.6 Å². The van der Waals surface area contributed by atoms with Gasteiger partial charge in [0.15, 0.2) is 5.78 Å².